The Balaban J connectivity index is 1.65. The molecule has 1 aliphatic rings. The van der Waals surface area contributed by atoms with Gasteiger partial charge in [0.2, 0.25) is 5.91 Å². The summed E-state index contributed by atoms with van der Waals surface area (Å²) in [6.45, 7) is 0. The van der Waals surface area contributed by atoms with Gasteiger partial charge in [-0.2, -0.15) is 0 Å². The van der Waals surface area contributed by atoms with E-state index >= 15 is 0 Å². The van der Waals surface area contributed by atoms with Crippen molar-refractivity contribution >= 4 is 17.6 Å². The molecular formula is C17H15NO3. The van der Waals surface area contributed by atoms with Gasteiger partial charge in [-0.3, -0.25) is 9.59 Å². The summed E-state index contributed by atoms with van der Waals surface area (Å²) in [6, 6.07) is 14.9. The molecule has 21 heavy (non-hydrogen) atoms. The van der Waals surface area contributed by atoms with Crippen LogP contribution in [0.2, 0.25) is 0 Å². The molecule has 2 N–H and O–H groups in total. The third-order valence-electron chi connectivity index (χ3n) is 3.75. The number of hydrogen-bond donors (Lipinski definition) is 2. The van der Waals surface area contributed by atoms with Crippen LogP contribution < -0.4 is 5.32 Å². The van der Waals surface area contributed by atoms with Gasteiger partial charge in [-0.15, -0.1) is 0 Å². The molecule has 0 aromatic heterocycles. The molecule has 106 valence electrons. The quantitative estimate of drug-likeness (QED) is 0.905. The molecule has 0 radical (unpaired) electrons. The number of fused-ring (bicyclic) bond motifs is 1. The number of aliphatic carboxylic acids is 1. The molecule has 1 atom stereocenters. The van der Waals surface area contributed by atoms with Crippen molar-refractivity contribution in [3.05, 3.63) is 65.2 Å². The lowest BCUT2D eigenvalue weighted by molar-refractivity contribution is -0.136. The van der Waals surface area contributed by atoms with Crippen LogP contribution in [-0.4, -0.2) is 17.0 Å². The molecule has 2 aromatic rings. The van der Waals surface area contributed by atoms with Gasteiger partial charge in [0.15, 0.2) is 0 Å². The summed E-state index contributed by atoms with van der Waals surface area (Å²) in [5.74, 6) is -0.961. The van der Waals surface area contributed by atoms with E-state index < -0.39 is 5.97 Å². The van der Waals surface area contributed by atoms with Gasteiger partial charge in [0.25, 0.3) is 0 Å². The van der Waals surface area contributed by atoms with E-state index in [4.69, 9.17) is 5.11 Å². The predicted octanol–water partition coefficient (Wildman–Crippen LogP) is 2.59. The number of benzene rings is 2. The standard InChI is InChI=1S/C17H15NO3/c19-16(20)9-11-5-7-13(8-6-11)18-17(21)15-10-12-3-1-2-4-14(12)15/h1-8,15H,9-10H2,(H,18,21)(H,19,20). The van der Waals surface area contributed by atoms with Crippen LogP contribution >= 0.6 is 0 Å². The van der Waals surface area contributed by atoms with Crippen LogP contribution in [0.25, 0.3) is 0 Å². The Kier molecular flexibility index (Phi) is 3.44. The summed E-state index contributed by atoms with van der Waals surface area (Å²) >= 11 is 0. The van der Waals surface area contributed by atoms with E-state index in [2.05, 4.69) is 5.32 Å². The average molecular weight is 281 g/mol. The molecule has 0 fully saturated rings. The van der Waals surface area contributed by atoms with Crippen molar-refractivity contribution in [2.24, 2.45) is 0 Å². The second-order valence-electron chi connectivity index (χ2n) is 5.21. The normalized spacial score (nSPS) is 15.7. The first-order valence-corrected chi connectivity index (χ1v) is 6.83. The Morgan fingerprint density at radius 1 is 1.10 bits per heavy atom. The second kappa shape index (κ2) is 5.40. The van der Waals surface area contributed by atoms with E-state index in [1.807, 2.05) is 24.3 Å². The third-order valence-corrected chi connectivity index (χ3v) is 3.75. The van der Waals surface area contributed by atoms with E-state index in [1.54, 1.807) is 24.3 Å². The zero-order valence-corrected chi connectivity index (χ0v) is 11.4. The first kappa shape index (κ1) is 13.4. The molecule has 1 unspecified atom stereocenters. The number of anilines is 1. The first-order chi connectivity index (χ1) is 10.1. The van der Waals surface area contributed by atoms with E-state index in [0.29, 0.717) is 5.69 Å². The van der Waals surface area contributed by atoms with Crippen LogP contribution in [0.3, 0.4) is 0 Å². The van der Waals surface area contributed by atoms with Gasteiger partial charge in [-0.25, -0.2) is 0 Å². The molecule has 0 saturated carbocycles. The van der Waals surface area contributed by atoms with E-state index in [9.17, 15) is 9.59 Å². The Morgan fingerprint density at radius 3 is 2.48 bits per heavy atom. The molecule has 1 amide bonds. The lowest BCUT2D eigenvalue weighted by Crippen LogP contribution is -2.30. The SMILES string of the molecule is O=C(O)Cc1ccc(NC(=O)C2Cc3ccccc32)cc1. The highest BCUT2D eigenvalue weighted by molar-refractivity contribution is 5.97. The van der Waals surface area contributed by atoms with Crippen molar-refractivity contribution in [1.29, 1.82) is 0 Å². The minimum absolute atomic E-state index is 0.00970. The Morgan fingerprint density at radius 2 is 1.81 bits per heavy atom. The monoisotopic (exact) mass is 281 g/mol. The summed E-state index contributed by atoms with van der Waals surface area (Å²) in [5, 5.41) is 11.6. The van der Waals surface area contributed by atoms with Gasteiger partial charge in [0.1, 0.15) is 0 Å². The average Bonchev–Trinajstić information content (AvgIpc) is 2.42. The molecule has 0 aliphatic heterocycles. The van der Waals surface area contributed by atoms with Crippen LogP contribution in [0.1, 0.15) is 22.6 Å². The molecule has 0 spiro atoms. The highest BCUT2D eigenvalue weighted by Gasteiger charge is 2.31. The Labute approximate surface area is 122 Å². The number of carbonyl (C=O) groups excluding carboxylic acids is 1. The van der Waals surface area contributed by atoms with Crippen LogP contribution in [0.4, 0.5) is 5.69 Å². The maximum absolute atomic E-state index is 12.2. The topological polar surface area (TPSA) is 66.4 Å². The van der Waals surface area contributed by atoms with Crippen molar-refractivity contribution in [3.8, 4) is 0 Å². The molecule has 0 saturated heterocycles. The van der Waals surface area contributed by atoms with Gasteiger partial charge in [0, 0.05) is 5.69 Å². The molecule has 3 rings (SSSR count). The minimum Gasteiger partial charge on any atom is -0.481 e. The molecule has 0 heterocycles. The fraction of sp³-hybridized carbons (Fsp3) is 0.176. The number of rotatable bonds is 4. The second-order valence-corrected chi connectivity index (χ2v) is 5.21. The third kappa shape index (κ3) is 2.79. The number of hydrogen-bond acceptors (Lipinski definition) is 2. The number of carboxylic acids is 1. The van der Waals surface area contributed by atoms with E-state index in [-0.39, 0.29) is 18.2 Å². The molecule has 1 aliphatic carbocycles. The molecule has 4 heteroatoms. The van der Waals surface area contributed by atoms with Crippen LogP contribution in [0.15, 0.2) is 48.5 Å². The number of carbonyl (C=O) groups is 2. The van der Waals surface area contributed by atoms with Crippen LogP contribution in [-0.2, 0) is 22.4 Å². The van der Waals surface area contributed by atoms with Crippen LogP contribution in [0, 0.1) is 0 Å². The van der Waals surface area contributed by atoms with Crippen molar-refractivity contribution in [2.45, 2.75) is 18.8 Å². The Hall–Kier alpha value is -2.62. The predicted molar refractivity (Wildman–Crippen MR) is 79.3 cm³/mol. The molecular weight excluding hydrogens is 266 g/mol. The lowest BCUT2D eigenvalue weighted by Gasteiger charge is -2.28. The fourth-order valence-corrected chi connectivity index (χ4v) is 2.60. The maximum atomic E-state index is 12.2. The van der Waals surface area contributed by atoms with E-state index in [0.717, 1.165) is 17.5 Å². The highest BCUT2D eigenvalue weighted by atomic mass is 16.4. The maximum Gasteiger partial charge on any atom is 0.307 e. The van der Waals surface area contributed by atoms with E-state index in [1.165, 1.54) is 5.56 Å². The number of amides is 1. The smallest absolute Gasteiger partial charge is 0.307 e. The fourth-order valence-electron chi connectivity index (χ4n) is 2.60. The highest BCUT2D eigenvalue weighted by Crippen LogP contribution is 2.35. The molecule has 0 bridgehead atoms. The molecule has 2 aromatic carbocycles. The van der Waals surface area contributed by atoms with Crippen molar-refractivity contribution in [2.75, 3.05) is 5.32 Å². The molecule has 4 nitrogen and oxygen atoms in total. The van der Waals surface area contributed by atoms with Crippen molar-refractivity contribution < 1.29 is 14.7 Å². The van der Waals surface area contributed by atoms with Gasteiger partial charge >= 0.3 is 5.97 Å². The largest absolute Gasteiger partial charge is 0.481 e. The number of carboxylic acid groups (broad SMARTS) is 1. The summed E-state index contributed by atoms with van der Waals surface area (Å²) in [5.41, 5.74) is 3.74. The summed E-state index contributed by atoms with van der Waals surface area (Å²) in [4.78, 5) is 22.8. The van der Waals surface area contributed by atoms with Gasteiger partial charge in [0.05, 0.1) is 12.3 Å². The van der Waals surface area contributed by atoms with Gasteiger partial charge < -0.3 is 10.4 Å². The van der Waals surface area contributed by atoms with Crippen LogP contribution in [0.5, 0.6) is 0 Å². The van der Waals surface area contributed by atoms with Gasteiger partial charge in [-0.1, -0.05) is 36.4 Å². The van der Waals surface area contributed by atoms with Crippen molar-refractivity contribution in [3.63, 3.8) is 0 Å². The first-order valence-electron chi connectivity index (χ1n) is 6.83. The summed E-state index contributed by atoms with van der Waals surface area (Å²) in [7, 11) is 0. The van der Waals surface area contributed by atoms with Crippen molar-refractivity contribution in [1.82, 2.24) is 0 Å². The summed E-state index contributed by atoms with van der Waals surface area (Å²) < 4.78 is 0. The number of nitrogens with one attached hydrogen (secondary N) is 1. The van der Waals surface area contributed by atoms with Gasteiger partial charge in [-0.05, 0) is 35.2 Å². The zero-order valence-electron chi connectivity index (χ0n) is 11.4. The Bertz CT molecular complexity index is 691. The lowest BCUT2D eigenvalue weighted by atomic mass is 9.77. The minimum atomic E-state index is -0.863. The zero-order chi connectivity index (χ0) is 14.8. The summed E-state index contributed by atoms with van der Waals surface area (Å²) in [6.07, 6.45) is 0.767.